The van der Waals surface area contributed by atoms with Crippen LogP contribution in [0.5, 0.6) is 5.75 Å². The van der Waals surface area contributed by atoms with Crippen LogP contribution in [0.3, 0.4) is 0 Å². The van der Waals surface area contributed by atoms with Crippen LogP contribution in [0.4, 0.5) is 11.6 Å². The third-order valence-corrected chi connectivity index (χ3v) is 7.50. The van der Waals surface area contributed by atoms with Gasteiger partial charge in [-0.25, -0.2) is 4.98 Å². The fraction of sp³-hybridized carbons (Fsp3) is 0.310. The van der Waals surface area contributed by atoms with E-state index >= 15 is 0 Å². The number of aromatic nitrogens is 2. The Kier molecular flexibility index (Phi) is 5.09. The Labute approximate surface area is 215 Å². The van der Waals surface area contributed by atoms with Crippen molar-refractivity contribution in [3.8, 4) is 5.75 Å². The highest BCUT2D eigenvalue weighted by atomic mass is 35.5. The number of amides is 1. The summed E-state index contributed by atoms with van der Waals surface area (Å²) in [6, 6.07) is 16.0. The van der Waals surface area contributed by atoms with Gasteiger partial charge in [-0.15, -0.1) is 0 Å². The molecule has 36 heavy (non-hydrogen) atoms. The average molecular weight is 501 g/mol. The third-order valence-electron chi connectivity index (χ3n) is 7.19. The Morgan fingerprint density at radius 3 is 2.61 bits per heavy atom. The van der Waals surface area contributed by atoms with Crippen LogP contribution in [0.1, 0.15) is 59.3 Å². The first-order chi connectivity index (χ1) is 17.1. The van der Waals surface area contributed by atoms with E-state index < -0.39 is 5.60 Å². The quantitative estimate of drug-likeness (QED) is 0.284. The molecule has 6 rings (SSSR count). The van der Waals surface area contributed by atoms with Gasteiger partial charge in [0.05, 0.1) is 32.8 Å². The van der Waals surface area contributed by atoms with Crippen LogP contribution in [0, 0.1) is 13.8 Å². The maximum atomic E-state index is 13.7. The van der Waals surface area contributed by atoms with E-state index in [4.69, 9.17) is 21.3 Å². The highest BCUT2D eigenvalue weighted by Gasteiger charge is 2.46. The summed E-state index contributed by atoms with van der Waals surface area (Å²) < 4.78 is 6.32. The first kappa shape index (κ1) is 22.9. The molecule has 0 bridgehead atoms. The zero-order valence-corrected chi connectivity index (χ0v) is 21.6. The predicted octanol–water partition coefficient (Wildman–Crippen LogP) is 6.71. The van der Waals surface area contributed by atoms with Crippen LogP contribution < -0.4 is 15.4 Å². The van der Waals surface area contributed by atoms with Gasteiger partial charge in [0.25, 0.3) is 5.91 Å². The molecule has 2 heterocycles. The number of carbonyl (C=O) groups is 1. The van der Waals surface area contributed by atoms with Gasteiger partial charge in [0.1, 0.15) is 11.4 Å². The second-order valence-corrected chi connectivity index (χ2v) is 11.1. The Bertz CT molecular complexity index is 1510. The molecule has 184 valence electrons. The van der Waals surface area contributed by atoms with Gasteiger partial charge >= 0.3 is 0 Å². The second-order valence-electron chi connectivity index (χ2n) is 10.7. The van der Waals surface area contributed by atoms with Crippen molar-refractivity contribution in [2.45, 2.75) is 58.1 Å². The number of halogens is 1. The molecule has 1 amide bonds. The number of nitrogens with one attached hydrogen (secondary N) is 3. The van der Waals surface area contributed by atoms with Gasteiger partial charge < -0.3 is 20.4 Å². The van der Waals surface area contributed by atoms with E-state index in [1.54, 1.807) is 0 Å². The lowest BCUT2D eigenvalue weighted by Crippen LogP contribution is -2.35. The summed E-state index contributed by atoms with van der Waals surface area (Å²) in [5.41, 5.74) is 6.49. The summed E-state index contributed by atoms with van der Waals surface area (Å²) in [5, 5.41) is 7.27. The number of rotatable bonds is 5. The third kappa shape index (κ3) is 3.90. The molecule has 3 N–H and O–H groups in total. The van der Waals surface area contributed by atoms with E-state index in [9.17, 15) is 4.79 Å². The normalized spacial score (nSPS) is 16.9. The number of fused-ring (bicyclic) bond motifs is 3. The average Bonchev–Trinajstić information content (AvgIpc) is 3.35. The van der Waals surface area contributed by atoms with Crippen molar-refractivity contribution in [2.75, 3.05) is 5.32 Å². The smallest absolute Gasteiger partial charge is 0.255 e. The lowest BCUT2D eigenvalue weighted by Gasteiger charge is -2.21. The minimum Gasteiger partial charge on any atom is -0.486 e. The molecule has 3 aromatic carbocycles. The number of anilines is 2. The number of aryl methyl sites for hydroxylation is 2. The molecule has 0 unspecified atom stereocenters. The Hall–Kier alpha value is -3.51. The molecular formula is C29H29ClN4O2. The fourth-order valence-electron chi connectivity index (χ4n) is 5.19. The van der Waals surface area contributed by atoms with E-state index in [0.29, 0.717) is 28.7 Å². The fourth-order valence-corrected chi connectivity index (χ4v) is 5.46. The molecule has 7 heteroatoms. The van der Waals surface area contributed by atoms with E-state index in [-0.39, 0.29) is 11.4 Å². The van der Waals surface area contributed by atoms with Crippen LogP contribution in [0.15, 0.2) is 48.5 Å². The van der Waals surface area contributed by atoms with E-state index in [1.807, 2.05) is 51.1 Å². The molecule has 0 saturated heterocycles. The molecule has 0 radical (unpaired) electrons. The van der Waals surface area contributed by atoms with Crippen molar-refractivity contribution in [3.05, 3.63) is 81.4 Å². The number of imidazole rings is 1. The van der Waals surface area contributed by atoms with Crippen LogP contribution >= 0.6 is 11.6 Å². The van der Waals surface area contributed by atoms with E-state index in [2.05, 4.69) is 40.7 Å². The molecular weight excluding hydrogens is 472 g/mol. The Morgan fingerprint density at radius 1 is 1.11 bits per heavy atom. The summed E-state index contributed by atoms with van der Waals surface area (Å²) in [5.74, 6) is 1.07. The van der Waals surface area contributed by atoms with Gasteiger partial charge in [0, 0.05) is 12.0 Å². The lowest BCUT2D eigenvalue weighted by atomic mass is 9.98. The number of H-pyrrole nitrogens is 1. The summed E-state index contributed by atoms with van der Waals surface area (Å²) in [7, 11) is 0. The molecule has 1 aromatic heterocycles. The highest BCUT2D eigenvalue weighted by molar-refractivity contribution is 6.33. The molecule has 6 nitrogen and oxygen atoms in total. The number of carbonyl (C=O) groups excluding carboxylic acids is 1. The number of nitrogens with zero attached hydrogens (tertiary/aromatic N) is 1. The van der Waals surface area contributed by atoms with E-state index in [1.165, 1.54) is 5.56 Å². The molecule has 2 aliphatic rings. The van der Waals surface area contributed by atoms with Gasteiger partial charge in [0.2, 0.25) is 5.95 Å². The number of benzene rings is 3. The Morgan fingerprint density at radius 2 is 1.89 bits per heavy atom. The second kappa shape index (κ2) is 8.00. The van der Waals surface area contributed by atoms with Gasteiger partial charge in [-0.2, -0.15) is 0 Å². The number of para-hydroxylation sites is 1. The topological polar surface area (TPSA) is 79.0 Å². The van der Waals surface area contributed by atoms with Crippen molar-refractivity contribution in [3.63, 3.8) is 0 Å². The first-order valence-corrected chi connectivity index (χ1v) is 12.7. The minimum atomic E-state index is -0.425. The van der Waals surface area contributed by atoms with Crippen LogP contribution in [0.25, 0.3) is 11.0 Å². The number of hydrogen-bond acceptors (Lipinski definition) is 4. The molecule has 4 aromatic rings. The molecule has 1 fully saturated rings. The van der Waals surface area contributed by atoms with Gasteiger partial charge in [-0.3, -0.25) is 4.79 Å². The van der Waals surface area contributed by atoms with Crippen molar-refractivity contribution in [1.82, 2.24) is 15.3 Å². The van der Waals surface area contributed by atoms with Crippen LogP contribution in [-0.4, -0.2) is 21.5 Å². The first-order valence-electron chi connectivity index (χ1n) is 12.3. The molecule has 1 aliphatic heterocycles. The van der Waals surface area contributed by atoms with Crippen molar-refractivity contribution in [2.24, 2.45) is 0 Å². The van der Waals surface area contributed by atoms with Crippen molar-refractivity contribution >= 4 is 40.2 Å². The maximum absolute atomic E-state index is 13.7. The van der Waals surface area contributed by atoms with Crippen LogP contribution in [0.2, 0.25) is 5.02 Å². The molecule has 0 atom stereocenters. The SMILES string of the molecule is Cc1cccc(C2(NC(=O)c3cc4[nH]c(Nc5c(C)cccc5Cl)nc4c4c3OC(C)(C)C4)CC2)c1. The standard InChI is InChI=1S/C29H29ClN4O2/c1-16-7-5-9-18(13-16)29(11-12-29)34-26(35)19-14-22-24(20-15-28(3,4)36-25(19)20)33-27(31-22)32-23-17(2)8-6-10-21(23)30/h5-10,13-14H,11-12,15H2,1-4H3,(H,34,35)(H2,31,32,33). The summed E-state index contributed by atoms with van der Waals surface area (Å²) in [6.45, 7) is 8.14. The number of ether oxygens (including phenoxy) is 1. The van der Waals surface area contributed by atoms with Gasteiger partial charge in [-0.1, -0.05) is 53.6 Å². The largest absolute Gasteiger partial charge is 0.486 e. The van der Waals surface area contributed by atoms with Crippen molar-refractivity contribution in [1.29, 1.82) is 0 Å². The van der Waals surface area contributed by atoms with Gasteiger partial charge in [0.15, 0.2) is 0 Å². The van der Waals surface area contributed by atoms with Crippen LogP contribution in [-0.2, 0) is 12.0 Å². The Balaban J connectivity index is 1.39. The summed E-state index contributed by atoms with van der Waals surface area (Å²) >= 11 is 6.43. The molecule has 1 saturated carbocycles. The molecule has 0 spiro atoms. The lowest BCUT2D eigenvalue weighted by molar-refractivity contribution is 0.0917. The monoisotopic (exact) mass is 500 g/mol. The zero-order chi connectivity index (χ0) is 25.2. The van der Waals surface area contributed by atoms with E-state index in [0.717, 1.165) is 46.3 Å². The maximum Gasteiger partial charge on any atom is 0.255 e. The summed E-state index contributed by atoms with van der Waals surface area (Å²) in [4.78, 5) is 21.9. The number of hydrogen-bond donors (Lipinski definition) is 3. The minimum absolute atomic E-state index is 0.129. The zero-order valence-electron chi connectivity index (χ0n) is 20.9. The highest BCUT2D eigenvalue weighted by Crippen LogP contribution is 2.47. The molecule has 1 aliphatic carbocycles. The predicted molar refractivity (Wildman–Crippen MR) is 144 cm³/mol. The van der Waals surface area contributed by atoms with Crippen molar-refractivity contribution < 1.29 is 9.53 Å². The van der Waals surface area contributed by atoms with Gasteiger partial charge in [-0.05, 0) is 63.8 Å². The number of aromatic amines is 1. The summed E-state index contributed by atoms with van der Waals surface area (Å²) in [6.07, 6.45) is 2.51.